The molecule has 1 fully saturated rings. The van der Waals surface area contributed by atoms with E-state index >= 15 is 0 Å². The first kappa shape index (κ1) is 18.0. The van der Waals surface area contributed by atoms with E-state index in [-0.39, 0.29) is 5.41 Å². The van der Waals surface area contributed by atoms with Crippen molar-refractivity contribution in [2.24, 2.45) is 22.4 Å². The number of hydrogen-bond donors (Lipinski definition) is 1. The predicted octanol–water partition coefficient (Wildman–Crippen LogP) is 3.31. The summed E-state index contributed by atoms with van der Waals surface area (Å²) >= 11 is 0. The van der Waals surface area contributed by atoms with Crippen LogP contribution in [0.3, 0.4) is 0 Å². The molecular weight excluding hydrogens is 350 g/mol. The molecule has 2 N–H and O–H groups in total. The highest BCUT2D eigenvalue weighted by Crippen LogP contribution is 2.61. The van der Waals surface area contributed by atoms with Gasteiger partial charge in [-0.2, -0.15) is 13.6 Å². The van der Waals surface area contributed by atoms with Crippen LogP contribution in [0.5, 0.6) is 5.75 Å². The van der Waals surface area contributed by atoms with Gasteiger partial charge in [0, 0.05) is 7.11 Å². The summed E-state index contributed by atoms with van der Waals surface area (Å²) < 4.78 is 32.7. The molecule has 4 atom stereocenters. The summed E-state index contributed by atoms with van der Waals surface area (Å²) in [6, 6.07) is 5.64. The number of rotatable bonds is 4. The fourth-order valence-corrected chi connectivity index (χ4v) is 6.15. The molecule has 0 aromatic heterocycles. The van der Waals surface area contributed by atoms with Gasteiger partial charge >= 0.3 is 10.3 Å². The van der Waals surface area contributed by atoms with Crippen molar-refractivity contribution in [2.45, 2.75) is 44.9 Å². The molecule has 3 aliphatic carbocycles. The molecule has 0 heterocycles. The molecule has 0 unspecified atom stereocenters. The molecular formula is C20H27NO4S. The van der Waals surface area contributed by atoms with E-state index in [0.29, 0.717) is 23.5 Å². The van der Waals surface area contributed by atoms with E-state index in [0.717, 1.165) is 25.9 Å². The number of benzene rings is 1. The first-order chi connectivity index (χ1) is 12.3. The molecule has 6 heteroatoms. The third-order valence-corrected chi connectivity index (χ3v) is 7.38. The second-order valence-electron chi connectivity index (χ2n) is 8.21. The quantitative estimate of drug-likeness (QED) is 0.817. The summed E-state index contributed by atoms with van der Waals surface area (Å²) in [5, 5.41) is 4.99. The number of fused-ring (bicyclic) bond motifs is 5. The Morgan fingerprint density at radius 1 is 1.31 bits per heavy atom. The van der Waals surface area contributed by atoms with Gasteiger partial charge in [0.25, 0.3) is 0 Å². The third kappa shape index (κ3) is 2.98. The van der Waals surface area contributed by atoms with Crippen molar-refractivity contribution in [2.75, 3.05) is 13.7 Å². The van der Waals surface area contributed by atoms with Crippen molar-refractivity contribution in [3.05, 3.63) is 41.0 Å². The standard InChI is InChI=1S/C20H27NO4S/c1-20-10-9-17-16-7-5-15(25-26(21,22)23)11-13(16)3-6-18(17)19(20)8-4-14(20)12-24-2/h4-5,7,11,17-19H,3,6,8-10,12H2,1-2H3,(H2,21,22,23)/t17-,18+,19+,20-/m1/s1. The Bertz CT molecular complexity index is 847. The number of hydrogen-bond acceptors (Lipinski definition) is 4. The van der Waals surface area contributed by atoms with Crippen molar-refractivity contribution in [3.8, 4) is 5.75 Å². The molecule has 0 aliphatic heterocycles. The van der Waals surface area contributed by atoms with Crippen molar-refractivity contribution in [3.63, 3.8) is 0 Å². The van der Waals surface area contributed by atoms with Gasteiger partial charge in [0.15, 0.2) is 0 Å². The number of ether oxygens (including phenoxy) is 1. The number of methoxy groups -OCH3 is 1. The topological polar surface area (TPSA) is 78.6 Å². The van der Waals surface area contributed by atoms with Gasteiger partial charge in [0.05, 0.1) is 6.61 Å². The lowest BCUT2D eigenvalue weighted by Crippen LogP contribution is -2.41. The second-order valence-corrected chi connectivity index (χ2v) is 9.36. The molecule has 0 spiro atoms. The van der Waals surface area contributed by atoms with Crippen molar-refractivity contribution in [1.29, 1.82) is 0 Å². The van der Waals surface area contributed by atoms with Crippen molar-refractivity contribution >= 4 is 10.3 Å². The van der Waals surface area contributed by atoms with Crippen LogP contribution in [0.1, 0.15) is 49.7 Å². The molecule has 0 saturated heterocycles. The van der Waals surface area contributed by atoms with Gasteiger partial charge < -0.3 is 8.92 Å². The molecule has 142 valence electrons. The van der Waals surface area contributed by atoms with Crippen LogP contribution in [0, 0.1) is 17.3 Å². The maximum Gasteiger partial charge on any atom is 0.380 e. The van der Waals surface area contributed by atoms with Crippen LogP contribution >= 0.6 is 0 Å². The van der Waals surface area contributed by atoms with Crippen LogP contribution in [0.25, 0.3) is 0 Å². The van der Waals surface area contributed by atoms with E-state index in [1.807, 2.05) is 12.1 Å². The number of aryl methyl sites for hydroxylation is 1. The molecule has 3 aliphatic rings. The maximum atomic E-state index is 11.2. The molecule has 4 rings (SSSR count). The van der Waals surface area contributed by atoms with E-state index in [2.05, 4.69) is 13.0 Å². The van der Waals surface area contributed by atoms with Gasteiger partial charge in [-0.05, 0) is 84.1 Å². The summed E-state index contributed by atoms with van der Waals surface area (Å²) in [6.07, 6.45) is 8.02. The van der Waals surface area contributed by atoms with E-state index in [4.69, 9.17) is 14.1 Å². The molecule has 26 heavy (non-hydrogen) atoms. The molecule has 1 aromatic rings. The SMILES string of the molecule is COCC1=CC[C@H]2[C@H]3CCc4cc(OS(N)(=O)=O)ccc4[C@H]3CC[C@]12C. The Balaban J connectivity index is 1.60. The molecule has 0 radical (unpaired) electrons. The van der Waals surface area contributed by atoms with Gasteiger partial charge in [-0.3, -0.25) is 0 Å². The van der Waals surface area contributed by atoms with Gasteiger partial charge in [0.1, 0.15) is 5.75 Å². The lowest BCUT2D eigenvalue weighted by molar-refractivity contribution is 0.0639. The average Bonchev–Trinajstić information content (AvgIpc) is 2.90. The van der Waals surface area contributed by atoms with Crippen molar-refractivity contribution < 1.29 is 17.3 Å². The summed E-state index contributed by atoms with van der Waals surface area (Å²) in [7, 11) is -2.20. The fraction of sp³-hybridized carbons (Fsp3) is 0.600. The zero-order valence-electron chi connectivity index (χ0n) is 15.4. The smallest absolute Gasteiger partial charge is 0.380 e. The molecule has 5 nitrogen and oxygen atoms in total. The van der Waals surface area contributed by atoms with Gasteiger partial charge in [-0.25, -0.2) is 0 Å². The van der Waals surface area contributed by atoms with Crippen LogP contribution in [-0.2, 0) is 21.5 Å². The maximum absolute atomic E-state index is 11.2. The zero-order chi connectivity index (χ0) is 18.5. The fourth-order valence-electron chi connectivity index (χ4n) is 5.78. The molecule has 1 saturated carbocycles. The van der Waals surface area contributed by atoms with Crippen LogP contribution in [0.2, 0.25) is 0 Å². The first-order valence-corrected chi connectivity index (χ1v) is 10.8. The van der Waals surface area contributed by atoms with E-state index in [1.165, 1.54) is 29.5 Å². The minimum Gasteiger partial charge on any atom is -0.380 e. The Morgan fingerprint density at radius 2 is 2.12 bits per heavy atom. The van der Waals surface area contributed by atoms with Crippen LogP contribution < -0.4 is 9.32 Å². The highest BCUT2D eigenvalue weighted by Gasteiger charge is 2.51. The van der Waals surface area contributed by atoms with E-state index in [1.54, 1.807) is 13.2 Å². The summed E-state index contributed by atoms with van der Waals surface area (Å²) in [6.45, 7) is 3.17. The van der Waals surface area contributed by atoms with Crippen LogP contribution in [0.4, 0.5) is 0 Å². The van der Waals surface area contributed by atoms with Crippen molar-refractivity contribution in [1.82, 2.24) is 0 Å². The minimum atomic E-state index is -3.98. The van der Waals surface area contributed by atoms with Gasteiger partial charge in [0.2, 0.25) is 0 Å². The largest absolute Gasteiger partial charge is 0.380 e. The van der Waals surface area contributed by atoms with Gasteiger partial charge in [-0.15, -0.1) is 0 Å². The normalized spacial score (nSPS) is 33.0. The summed E-state index contributed by atoms with van der Waals surface area (Å²) in [5.41, 5.74) is 4.32. The average molecular weight is 378 g/mol. The van der Waals surface area contributed by atoms with E-state index in [9.17, 15) is 8.42 Å². The highest BCUT2D eigenvalue weighted by atomic mass is 32.2. The summed E-state index contributed by atoms with van der Waals surface area (Å²) in [4.78, 5) is 0. The van der Waals surface area contributed by atoms with Gasteiger partial charge in [-0.1, -0.05) is 19.1 Å². The summed E-state index contributed by atoms with van der Waals surface area (Å²) in [5.74, 6) is 2.22. The third-order valence-electron chi connectivity index (χ3n) is 6.95. The van der Waals surface area contributed by atoms with E-state index < -0.39 is 10.3 Å². The molecule has 1 aromatic carbocycles. The Kier molecular flexibility index (Phi) is 4.40. The highest BCUT2D eigenvalue weighted by molar-refractivity contribution is 7.84. The predicted molar refractivity (Wildman–Crippen MR) is 100 cm³/mol. The Hall–Kier alpha value is -1.37. The second kappa shape index (κ2) is 6.36. The Morgan fingerprint density at radius 3 is 2.85 bits per heavy atom. The lowest BCUT2D eigenvalue weighted by Gasteiger charge is -2.50. The Labute approximate surface area is 155 Å². The van der Waals surface area contributed by atoms with Crippen LogP contribution in [0.15, 0.2) is 29.8 Å². The minimum absolute atomic E-state index is 0.269. The zero-order valence-corrected chi connectivity index (χ0v) is 16.2. The monoisotopic (exact) mass is 377 g/mol. The first-order valence-electron chi connectivity index (χ1n) is 9.35. The van der Waals surface area contributed by atoms with Crippen LogP contribution in [-0.4, -0.2) is 22.1 Å². The number of nitrogens with two attached hydrogens (primary N) is 1. The molecule has 0 amide bonds. The number of allylic oxidation sites excluding steroid dienone is 1. The lowest BCUT2D eigenvalue weighted by atomic mass is 9.54. The molecule has 0 bridgehead atoms.